The second-order valence-electron chi connectivity index (χ2n) is 10.7. The van der Waals surface area contributed by atoms with E-state index in [0.717, 1.165) is 0 Å². The highest BCUT2D eigenvalue weighted by Crippen LogP contribution is 2.47. The minimum Gasteiger partial charge on any atom is -0.434 e. The fraction of sp³-hybridized carbons (Fsp3) is 0.333. The maximum absolute atomic E-state index is 13.0. The van der Waals surface area contributed by atoms with E-state index in [1.54, 1.807) is 48.5 Å². The molecule has 5 rings (SSSR count). The predicted molar refractivity (Wildman–Crippen MR) is 172 cm³/mol. The van der Waals surface area contributed by atoms with Crippen molar-refractivity contribution in [3.05, 3.63) is 69.4 Å². The SMILES string of the molecule is CCCOC(=O)Oc1c2c(c(OC(=O)OCCC)c3ccccc13)=c1c(OC(=O)OCCC)c3ccccc3c(OC(=O)OCCC)c1=2. The molecule has 0 N–H and O–H groups in total. The fourth-order valence-electron chi connectivity index (χ4n) is 5.26. The van der Waals surface area contributed by atoms with Crippen molar-refractivity contribution in [1.82, 2.24) is 0 Å². The average molecular weight is 661 g/mol. The Balaban J connectivity index is 1.95. The Kier molecular flexibility index (Phi) is 10.8. The summed E-state index contributed by atoms with van der Waals surface area (Å²) in [5, 5.41) is 2.49. The van der Waals surface area contributed by atoms with Crippen LogP contribution >= 0.6 is 0 Å². The van der Waals surface area contributed by atoms with Crippen molar-refractivity contribution in [2.45, 2.75) is 53.4 Å². The number of ether oxygens (including phenoxy) is 8. The Morgan fingerprint density at radius 3 is 0.792 bits per heavy atom. The Morgan fingerprint density at radius 1 is 0.396 bits per heavy atom. The highest BCUT2D eigenvalue weighted by Gasteiger charge is 2.30. The molecule has 12 heteroatoms. The standard InChI is InChI=1S/C36H36O12/c1-5-17-41-33(37)45-29-21-13-9-10-14-22(21)30(46-34(38)42-18-6-2)26-25(29)27-28(26)32(48-36(40)44-20-8-4)24-16-12-11-15-23(24)31(27)47-35(39)43-19-7-3/h9-16H,5-8,17-20H2,1-4H3. The zero-order valence-corrected chi connectivity index (χ0v) is 27.2. The van der Waals surface area contributed by atoms with E-state index in [0.29, 0.717) is 47.2 Å². The summed E-state index contributed by atoms with van der Waals surface area (Å²) in [6.07, 6.45) is -1.66. The minimum atomic E-state index is -0.973. The minimum absolute atomic E-state index is 0.0463. The van der Waals surface area contributed by atoms with Crippen LogP contribution in [0.4, 0.5) is 19.2 Å². The van der Waals surface area contributed by atoms with E-state index in [1.165, 1.54) is 0 Å². The summed E-state index contributed by atoms with van der Waals surface area (Å²) in [6, 6.07) is 13.6. The fourth-order valence-corrected chi connectivity index (χ4v) is 5.26. The molecule has 0 bridgehead atoms. The number of benzene rings is 4. The first kappa shape index (κ1) is 33.8. The van der Waals surface area contributed by atoms with Gasteiger partial charge in [-0.2, -0.15) is 0 Å². The van der Waals surface area contributed by atoms with E-state index in [1.807, 2.05) is 27.7 Å². The highest BCUT2D eigenvalue weighted by molar-refractivity contribution is 6.00. The molecule has 0 saturated carbocycles. The highest BCUT2D eigenvalue weighted by atomic mass is 16.7. The van der Waals surface area contributed by atoms with Crippen molar-refractivity contribution in [2.24, 2.45) is 0 Å². The van der Waals surface area contributed by atoms with Gasteiger partial charge in [-0.3, -0.25) is 0 Å². The van der Waals surface area contributed by atoms with Gasteiger partial charge in [-0.15, -0.1) is 0 Å². The van der Waals surface area contributed by atoms with Crippen LogP contribution in [0.5, 0.6) is 23.0 Å². The summed E-state index contributed by atoms with van der Waals surface area (Å²) >= 11 is 0. The summed E-state index contributed by atoms with van der Waals surface area (Å²) in [5.41, 5.74) is 0. The number of carbonyl (C=O) groups is 4. The van der Waals surface area contributed by atoms with E-state index in [9.17, 15) is 19.2 Å². The van der Waals surface area contributed by atoms with Crippen molar-refractivity contribution in [3.8, 4) is 23.0 Å². The second kappa shape index (κ2) is 15.4. The summed E-state index contributed by atoms with van der Waals surface area (Å²) in [6.45, 7) is 7.81. The number of rotatable bonds is 12. The Bertz CT molecular complexity index is 1750. The zero-order chi connectivity index (χ0) is 34.2. The van der Waals surface area contributed by atoms with Crippen LogP contribution in [0.3, 0.4) is 0 Å². The Morgan fingerprint density at radius 2 is 0.604 bits per heavy atom. The van der Waals surface area contributed by atoms with Gasteiger partial charge in [0.05, 0.1) is 26.4 Å². The molecule has 4 aromatic rings. The monoisotopic (exact) mass is 660 g/mol. The predicted octanol–water partition coefficient (Wildman–Crippen LogP) is 8.58. The number of carbonyl (C=O) groups excluding carboxylic acids is 4. The third-order valence-electron chi connectivity index (χ3n) is 7.18. The quantitative estimate of drug-likeness (QED) is 0.0718. The molecule has 0 amide bonds. The normalized spacial score (nSPS) is 11.1. The lowest BCUT2D eigenvalue weighted by molar-refractivity contribution is 0.0960. The third-order valence-corrected chi connectivity index (χ3v) is 7.18. The first-order chi connectivity index (χ1) is 23.3. The number of hydrogen-bond acceptors (Lipinski definition) is 12. The summed E-state index contributed by atoms with van der Waals surface area (Å²) in [4.78, 5) is 51.8. The van der Waals surface area contributed by atoms with Crippen molar-refractivity contribution in [2.75, 3.05) is 26.4 Å². The van der Waals surface area contributed by atoms with Crippen molar-refractivity contribution in [1.29, 1.82) is 0 Å². The molecule has 0 spiro atoms. The van der Waals surface area contributed by atoms with Crippen LogP contribution in [0.15, 0.2) is 48.5 Å². The van der Waals surface area contributed by atoms with Gasteiger partial charge in [0.2, 0.25) is 0 Å². The van der Waals surface area contributed by atoms with Crippen LogP contribution < -0.4 is 18.9 Å². The summed E-state index contributed by atoms with van der Waals surface area (Å²) < 4.78 is 44.4. The van der Waals surface area contributed by atoms with Gasteiger partial charge in [-0.25, -0.2) is 19.2 Å². The van der Waals surface area contributed by atoms with Crippen molar-refractivity contribution in [3.63, 3.8) is 0 Å². The molecule has 0 saturated heterocycles. The molecule has 0 atom stereocenters. The molecular weight excluding hydrogens is 624 g/mol. The van der Waals surface area contributed by atoms with Crippen LogP contribution in [0.1, 0.15) is 53.4 Å². The number of hydrogen-bond donors (Lipinski definition) is 0. The van der Waals surface area contributed by atoms with E-state index >= 15 is 0 Å². The van der Waals surface area contributed by atoms with Gasteiger partial charge in [0, 0.05) is 42.4 Å². The van der Waals surface area contributed by atoms with Gasteiger partial charge in [0.25, 0.3) is 0 Å². The lowest BCUT2D eigenvalue weighted by Gasteiger charge is -2.22. The van der Waals surface area contributed by atoms with Gasteiger partial charge >= 0.3 is 24.6 Å². The molecule has 4 aromatic carbocycles. The van der Waals surface area contributed by atoms with Crippen molar-refractivity contribution >= 4 is 46.2 Å². The van der Waals surface area contributed by atoms with Gasteiger partial charge in [-0.05, 0) is 25.7 Å². The third kappa shape index (κ3) is 6.78. The molecule has 0 unspecified atom stereocenters. The van der Waals surface area contributed by atoms with E-state index in [2.05, 4.69) is 0 Å². The van der Waals surface area contributed by atoms with Crippen LogP contribution in [0.2, 0.25) is 0 Å². The zero-order valence-electron chi connectivity index (χ0n) is 27.2. The molecule has 48 heavy (non-hydrogen) atoms. The van der Waals surface area contributed by atoms with Gasteiger partial charge in [-0.1, -0.05) is 76.2 Å². The molecule has 1 aliphatic rings. The lowest BCUT2D eigenvalue weighted by atomic mass is 9.91. The molecule has 1 aliphatic carbocycles. The van der Waals surface area contributed by atoms with Crippen LogP contribution in [-0.2, 0) is 18.9 Å². The summed E-state index contributed by atoms with van der Waals surface area (Å²) in [5.74, 6) is 0.185. The summed E-state index contributed by atoms with van der Waals surface area (Å²) in [7, 11) is 0. The van der Waals surface area contributed by atoms with E-state index in [4.69, 9.17) is 37.9 Å². The van der Waals surface area contributed by atoms with Crippen LogP contribution in [0, 0.1) is 20.9 Å². The Labute approximate surface area is 275 Å². The van der Waals surface area contributed by atoms with Gasteiger partial charge < -0.3 is 37.9 Å². The van der Waals surface area contributed by atoms with Gasteiger partial charge in [0.1, 0.15) is 0 Å². The largest absolute Gasteiger partial charge is 0.513 e. The average Bonchev–Trinajstić information content (AvgIpc) is 3.08. The molecular formula is C36H36O12. The molecule has 0 radical (unpaired) electrons. The lowest BCUT2D eigenvalue weighted by Crippen LogP contribution is -2.18. The molecule has 0 heterocycles. The van der Waals surface area contributed by atoms with Crippen LogP contribution in [0.25, 0.3) is 21.5 Å². The molecule has 252 valence electrons. The Hall–Kier alpha value is -5.52. The van der Waals surface area contributed by atoms with Gasteiger partial charge in [0.15, 0.2) is 23.0 Å². The smallest absolute Gasteiger partial charge is 0.434 e. The first-order valence-corrected chi connectivity index (χ1v) is 15.9. The first-order valence-electron chi connectivity index (χ1n) is 15.9. The topological polar surface area (TPSA) is 142 Å². The molecule has 0 fully saturated rings. The van der Waals surface area contributed by atoms with Crippen molar-refractivity contribution < 1.29 is 57.1 Å². The van der Waals surface area contributed by atoms with E-state index < -0.39 is 24.6 Å². The molecule has 0 aliphatic heterocycles. The number of fused-ring (bicyclic) bond motifs is 4. The van der Waals surface area contributed by atoms with Crippen LogP contribution in [-0.4, -0.2) is 51.0 Å². The van der Waals surface area contributed by atoms with E-state index in [-0.39, 0.29) is 70.3 Å². The molecule has 0 aromatic heterocycles. The second-order valence-corrected chi connectivity index (χ2v) is 10.7. The molecule has 12 nitrogen and oxygen atoms in total. The maximum atomic E-state index is 13.0. The maximum Gasteiger partial charge on any atom is 0.513 e.